The van der Waals surface area contributed by atoms with Crippen LogP contribution < -0.4 is 33.8 Å². The quantitative estimate of drug-likeness (QED) is 0.215. The molecule has 0 radical (unpaired) electrons. The molecule has 0 saturated heterocycles. The topological polar surface area (TPSA) is 135 Å². The number of carbonyl (C=O) groups excluding carboxylic acids is 1. The van der Waals surface area contributed by atoms with Crippen LogP contribution in [0.5, 0.6) is 23.0 Å². The van der Waals surface area contributed by atoms with Gasteiger partial charge in [-0.25, -0.2) is 14.6 Å². The van der Waals surface area contributed by atoms with E-state index >= 15 is 0 Å². The van der Waals surface area contributed by atoms with Crippen LogP contribution in [0.2, 0.25) is 0 Å². The molecule has 0 bridgehead atoms. The van der Waals surface area contributed by atoms with Crippen LogP contribution in [0.1, 0.15) is 46.9 Å². The lowest BCUT2D eigenvalue weighted by atomic mass is 9.95. The summed E-state index contributed by atoms with van der Waals surface area (Å²) in [5, 5.41) is 9.10. The van der Waals surface area contributed by atoms with Crippen LogP contribution in [-0.2, 0) is 16.1 Å². The number of rotatable bonds is 11. The molecule has 0 saturated carbocycles. The number of hydrogen-bond acceptors (Lipinski definition) is 10. The molecule has 3 aromatic carbocycles. The zero-order valence-corrected chi connectivity index (χ0v) is 28.6. The van der Waals surface area contributed by atoms with Crippen LogP contribution >= 0.6 is 27.3 Å². The van der Waals surface area contributed by atoms with Crippen molar-refractivity contribution in [3.8, 4) is 23.0 Å². The second-order valence-corrected chi connectivity index (χ2v) is 12.1. The summed E-state index contributed by atoms with van der Waals surface area (Å²) in [7, 11) is 4.48. The van der Waals surface area contributed by atoms with Crippen LogP contribution in [0.3, 0.4) is 0 Å². The minimum absolute atomic E-state index is 0.146. The Hall–Kier alpha value is -4.88. The number of esters is 1. The number of aromatic carboxylic acids is 1. The molecule has 0 amide bonds. The predicted molar refractivity (Wildman–Crippen MR) is 178 cm³/mol. The highest BCUT2D eigenvalue weighted by Crippen LogP contribution is 2.42. The maximum atomic E-state index is 14.1. The molecule has 1 N–H and O–H groups in total. The van der Waals surface area contributed by atoms with E-state index in [4.69, 9.17) is 28.8 Å². The van der Waals surface area contributed by atoms with Gasteiger partial charge in [-0.3, -0.25) is 9.36 Å². The number of aromatic nitrogens is 1. The van der Waals surface area contributed by atoms with Crippen molar-refractivity contribution in [3.63, 3.8) is 0 Å². The fraction of sp³-hybridized carbons (Fsp3) is 0.235. The minimum Gasteiger partial charge on any atom is -0.493 e. The van der Waals surface area contributed by atoms with Gasteiger partial charge in [0.15, 0.2) is 16.3 Å². The van der Waals surface area contributed by atoms with Crippen LogP contribution in [0.15, 0.2) is 80.1 Å². The van der Waals surface area contributed by atoms with E-state index < -0.39 is 18.0 Å². The summed E-state index contributed by atoms with van der Waals surface area (Å²) in [6.07, 6.45) is 1.75. The zero-order valence-electron chi connectivity index (χ0n) is 26.2. The number of hydrogen-bond donors (Lipinski definition) is 1. The summed E-state index contributed by atoms with van der Waals surface area (Å²) in [5.74, 6) is 0.104. The molecule has 1 atom stereocenters. The van der Waals surface area contributed by atoms with E-state index in [1.807, 2.05) is 12.1 Å². The van der Waals surface area contributed by atoms with E-state index in [2.05, 4.69) is 20.9 Å². The van der Waals surface area contributed by atoms with Gasteiger partial charge in [-0.1, -0.05) is 29.5 Å². The maximum absolute atomic E-state index is 14.1. The summed E-state index contributed by atoms with van der Waals surface area (Å²) in [6.45, 7) is 3.81. The van der Waals surface area contributed by atoms with E-state index in [9.17, 15) is 14.4 Å². The van der Waals surface area contributed by atoms with Crippen LogP contribution in [-0.4, -0.2) is 49.5 Å². The number of halogens is 1. The maximum Gasteiger partial charge on any atom is 0.338 e. The Bertz CT molecular complexity index is 2040. The Kier molecular flexibility index (Phi) is 10.2. The van der Waals surface area contributed by atoms with Crippen molar-refractivity contribution in [2.75, 3.05) is 27.9 Å². The monoisotopic (exact) mass is 722 g/mol. The van der Waals surface area contributed by atoms with E-state index in [-0.39, 0.29) is 29.9 Å². The lowest BCUT2D eigenvalue weighted by Gasteiger charge is -2.26. The summed E-state index contributed by atoms with van der Waals surface area (Å²) in [4.78, 5) is 43.6. The Morgan fingerprint density at radius 2 is 1.68 bits per heavy atom. The first-order valence-electron chi connectivity index (χ1n) is 14.3. The number of thiazole rings is 1. The van der Waals surface area contributed by atoms with Gasteiger partial charge in [0.2, 0.25) is 5.75 Å². The number of nitrogens with zero attached hydrogens (tertiary/aromatic N) is 2. The summed E-state index contributed by atoms with van der Waals surface area (Å²) < 4.78 is 30.5. The highest BCUT2D eigenvalue weighted by atomic mass is 79.9. The molecule has 1 aromatic heterocycles. The summed E-state index contributed by atoms with van der Waals surface area (Å²) in [6, 6.07) is 14.4. The van der Waals surface area contributed by atoms with Crippen molar-refractivity contribution in [1.82, 2.24) is 4.57 Å². The van der Waals surface area contributed by atoms with Crippen molar-refractivity contribution in [2.24, 2.45) is 4.99 Å². The van der Waals surface area contributed by atoms with Gasteiger partial charge in [-0.15, -0.1) is 0 Å². The van der Waals surface area contributed by atoms with Gasteiger partial charge in [0.25, 0.3) is 5.56 Å². The van der Waals surface area contributed by atoms with Crippen molar-refractivity contribution >= 4 is 45.3 Å². The highest BCUT2D eigenvalue weighted by molar-refractivity contribution is 9.10. The number of carbonyl (C=O) groups is 2. The lowest BCUT2D eigenvalue weighted by Crippen LogP contribution is -2.40. The molecular formula is C34H31BrN2O9S. The number of carboxylic acids is 1. The molecule has 4 aromatic rings. The van der Waals surface area contributed by atoms with Crippen molar-refractivity contribution < 1.29 is 38.4 Å². The summed E-state index contributed by atoms with van der Waals surface area (Å²) in [5.41, 5.74) is 2.59. The number of carboxylic acid groups (broad SMARTS) is 1. The molecule has 0 spiro atoms. The molecule has 1 aliphatic heterocycles. The highest BCUT2D eigenvalue weighted by Gasteiger charge is 2.34. The largest absolute Gasteiger partial charge is 0.493 e. The van der Waals surface area contributed by atoms with Gasteiger partial charge in [-0.05, 0) is 88.9 Å². The number of ether oxygens (including phenoxy) is 5. The fourth-order valence-corrected chi connectivity index (χ4v) is 6.70. The number of benzene rings is 3. The van der Waals surface area contributed by atoms with Gasteiger partial charge in [0.05, 0.1) is 59.8 Å². The first-order chi connectivity index (χ1) is 22.6. The van der Waals surface area contributed by atoms with Crippen LogP contribution in [0.4, 0.5) is 0 Å². The Balaban J connectivity index is 1.54. The molecule has 2 heterocycles. The SMILES string of the molecule is CCOC(=O)C1=C(C)N=c2s/c(=C/c3ccc(OCc4ccc(C(=O)O)cc4)c(Br)c3)c(=O)n2[C@H]1c1cc(OC)c(OC)c(OC)c1. The van der Waals surface area contributed by atoms with Crippen molar-refractivity contribution in [2.45, 2.75) is 26.5 Å². The van der Waals surface area contributed by atoms with Gasteiger partial charge in [0, 0.05) is 0 Å². The molecule has 1 aliphatic rings. The van der Waals surface area contributed by atoms with E-state index in [1.165, 1.54) is 49.4 Å². The standard InChI is InChI=1S/C34H31BrN2O9S/c1-6-45-33(41)28-18(2)36-34-37(29(28)22-15-25(42-3)30(44-5)26(16-22)43-4)31(38)27(47-34)14-20-9-12-24(23(35)13-20)46-17-19-7-10-21(11-8-19)32(39)40/h7-16,29H,6,17H2,1-5H3,(H,39,40)/b27-14+/t29-/m0/s1. The van der Waals surface area contributed by atoms with Gasteiger partial charge in [0.1, 0.15) is 12.4 Å². The predicted octanol–water partition coefficient (Wildman–Crippen LogP) is 4.86. The third kappa shape index (κ3) is 6.81. The molecule has 0 aliphatic carbocycles. The summed E-state index contributed by atoms with van der Waals surface area (Å²) >= 11 is 4.75. The first kappa shape index (κ1) is 33.5. The molecule has 13 heteroatoms. The average molecular weight is 724 g/mol. The van der Waals surface area contributed by atoms with Gasteiger partial charge >= 0.3 is 11.9 Å². The number of methoxy groups -OCH3 is 3. The smallest absolute Gasteiger partial charge is 0.338 e. The average Bonchev–Trinajstić information content (AvgIpc) is 3.36. The second-order valence-electron chi connectivity index (χ2n) is 10.2. The third-order valence-electron chi connectivity index (χ3n) is 7.37. The normalized spacial score (nSPS) is 14.3. The Morgan fingerprint density at radius 3 is 2.26 bits per heavy atom. The second kappa shape index (κ2) is 14.3. The van der Waals surface area contributed by atoms with E-state index in [1.54, 1.807) is 50.3 Å². The van der Waals surface area contributed by atoms with Gasteiger partial charge < -0.3 is 28.8 Å². The van der Waals surface area contributed by atoms with Gasteiger partial charge in [-0.2, -0.15) is 0 Å². The van der Waals surface area contributed by atoms with E-state index in [0.717, 1.165) is 11.1 Å². The molecule has 0 unspecified atom stereocenters. The van der Waals surface area contributed by atoms with Crippen LogP contribution in [0, 0.1) is 0 Å². The van der Waals surface area contributed by atoms with Crippen molar-refractivity contribution in [3.05, 3.63) is 112 Å². The fourth-order valence-electron chi connectivity index (χ4n) is 5.15. The first-order valence-corrected chi connectivity index (χ1v) is 15.9. The Labute approximate surface area is 282 Å². The van der Waals surface area contributed by atoms with E-state index in [0.29, 0.717) is 48.1 Å². The third-order valence-corrected chi connectivity index (χ3v) is 8.97. The molecule has 5 rings (SSSR count). The number of fused-ring (bicyclic) bond motifs is 1. The minimum atomic E-state index is -0.991. The zero-order chi connectivity index (χ0) is 33.8. The number of allylic oxidation sites excluding steroid dienone is 1. The Morgan fingerprint density at radius 1 is 1.00 bits per heavy atom. The van der Waals surface area contributed by atoms with Crippen LogP contribution in [0.25, 0.3) is 6.08 Å². The lowest BCUT2D eigenvalue weighted by molar-refractivity contribution is -0.139. The molecule has 0 fully saturated rings. The molecule has 47 heavy (non-hydrogen) atoms. The molecule has 244 valence electrons. The van der Waals surface area contributed by atoms with Crippen molar-refractivity contribution in [1.29, 1.82) is 0 Å². The molecular weight excluding hydrogens is 692 g/mol. The molecule has 11 nitrogen and oxygen atoms in total.